The summed E-state index contributed by atoms with van der Waals surface area (Å²) in [4.78, 5) is 0. The minimum absolute atomic E-state index is 0.0866. The van der Waals surface area contributed by atoms with Crippen LogP contribution in [0.1, 0.15) is 39.9 Å². The average molecular weight is 225 g/mol. The van der Waals surface area contributed by atoms with Crippen molar-refractivity contribution in [3.8, 4) is 0 Å². The molecule has 0 spiro atoms. The Bertz CT molecular complexity index is 327. The molecule has 0 aliphatic rings. The minimum atomic E-state index is -0.0866. The van der Waals surface area contributed by atoms with Gasteiger partial charge in [-0.05, 0) is 20.3 Å². The molecule has 0 aliphatic carbocycles. The van der Waals surface area contributed by atoms with E-state index in [1.54, 1.807) is 0 Å². The molecule has 92 valence electrons. The van der Waals surface area contributed by atoms with E-state index in [0.717, 1.165) is 31.3 Å². The first-order valence-electron chi connectivity index (χ1n) is 6.00. The van der Waals surface area contributed by atoms with Gasteiger partial charge in [-0.15, -0.1) is 10.2 Å². The molecule has 1 heterocycles. The second-order valence-electron chi connectivity index (χ2n) is 4.24. The third kappa shape index (κ3) is 2.19. The summed E-state index contributed by atoms with van der Waals surface area (Å²) in [5.74, 6) is 1.82. The fourth-order valence-electron chi connectivity index (χ4n) is 1.73. The number of nitrogens with zero attached hydrogens (tertiary/aromatic N) is 3. The van der Waals surface area contributed by atoms with Crippen LogP contribution in [0.15, 0.2) is 0 Å². The van der Waals surface area contributed by atoms with Gasteiger partial charge in [0.05, 0.1) is 0 Å². The highest BCUT2D eigenvalue weighted by molar-refractivity contribution is 5.28. The van der Waals surface area contributed by atoms with Crippen molar-refractivity contribution in [2.75, 3.05) is 18.4 Å². The van der Waals surface area contributed by atoms with Gasteiger partial charge in [-0.2, -0.15) is 0 Å². The van der Waals surface area contributed by atoms with Crippen molar-refractivity contribution >= 4 is 5.95 Å². The zero-order chi connectivity index (χ0) is 12.2. The number of hydrogen-bond donors (Lipinski definition) is 2. The molecule has 16 heavy (non-hydrogen) atoms. The SMILES string of the molecule is CCNc1nnc(C(C)(CC)CN)n1CC. The zero-order valence-electron chi connectivity index (χ0n) is 10.7. The first-order chi connectivity index (χ1) is 7.62. The van der Waals surface area contributed by atoms with Crippen molar-refractivity contribution < 1.29 is 0 Å². The highest BCUT2D eigenvalue weighted by atomic mass is 15.4. The van der Waals surface area contributed by atoms with Crippen LogP contribution in [0, 0.1) is 0 Å². The van der Waals surface area contributed by atoms with Gasteiger partial charge in [0.1, 0.15) is 5.82 Å². The predicted molar refractivity (Wildman–Crippen MR) is 66.6 cm³/mol. The lowest BCUT2D eigenvalue weighted by Gasteiger charge is -2.25. The molecule has 0 aliphatic heterocycles. The molecule has 0 saturated heterocycles. The molecule has 1 aromatic rings. The van der Waals surface area contributed by atoms with Crippen LogP contribution in [0.2, 0.25) is 0 Å². The topological polar surface area (TPSA) is 68.8 Å². The number of rotatable bonds is 6. The van der Waals surface area contributed by atoms with Crippen molar-refractivity contribution in [3.05, 3.63) is 5.82 Å². The molecule has 3 N–H and O–H groups in total. The van der Waals surface area contributed by atoms with E-state index in [1.807, 2.05) is 0 Å². The van der Waals surface area contributed by atoms with Crippen LogP contribution >= 0.6 is 0 Å². The standard InChI is InChI=1S/C11H23N5/c1-5-11(4,8-12)9-14-15-10(13-6-2)16(9)7-3/h5-8,12H2,1-4H3,(H,13,15). The molecule has 5 nitrogen and oxygen atoms in total. The third-order valence-electron chi connectivity index (χ3n) is 3.17. The van der Waals surface area contributed by atoms with Gasteiger partial charge < -0.3 is 11.1 Å². The summed E-state index contributed by atoms with van der Waals surface area (Å²) in [6.07, 6.45) is 0.966. The summed E-state index contributed by atoms with van der Waals surface area (Å²) < 4.78 is 2.11. The first kappa shape index (κ1) is 13.0. The largest absolute Gasteiger partial charge is 0.355 e. The normalized spacial score (nSPS) is 14.8. The van der Waals surface area contributed by atoms with Crippen LogP contribution in [0.5, 0.6) is 0 Å². The summed E-state index contributed by atoms with van der Waals surface area (Å²) >= 11 is 0. The lowest BCUT2D eigenvalue weighted by atomic mass is 9.86. The fraction of sp³-hybridized carbons (Fsp3) is 0.818. The average Bonchev–Trinajstić information content (AvgIpc) is 2.72. The predicted octanol–water partition coefficient (Wildman–Crippen LogP) is 1.36. The molecule has 0 aromatic carbocycles. The van der Waals surface area contributed by atoms with Crippen LogP contribution < -0.4 is 11.1 Å². The second-order valence-corrected chi connectivity index (χ2v) is 4.24. The van der Waals surface area contributed by atoms with E-state index in [2.05, 4.69) is 47.8 Å². The van der Waals surface area contributed by atoms with Gasteiger partial charge >= 0.3 is 0 Å². The van der Waals surface area contributed by atoms with Gasteiger partial charge in [-0.25, -0.2) is 0 Å². The third-order valence-corrected chi connectivity index (χ3v) is 3.17. The Labute approximate surface area is 97.4 Å². The van der Waals surface area contributed by atoms with Crippen LogP contribution in [-0.2, 0) is 12.0 Å². The number of aromatic nitrogens is 3. The number of nitrogens with one attached hydrogen (secondary N) is 1. The van der Waals surface area contributed by atoms with Gasteiger partial charge in [0.15, 0.2) is 0 Å². The minimum Gasteiger partial charge on any atom is -0.355 e. The maximum absolute atomic E-state index is 5.85. The molecule has 1 atom stereocenters. The first-order valence-corrected chi connectivity index (χ1v) is 6.00. The molecular weight excluding hydrogens is 202 g/mol. The molecular formula is C11H23N5. The highest BCUT2D eigenvalue weighted by Crippen LogP contribution is 2.26. The lowest BCUT2D eigenvalue weighted by molar-refractivity contribution is 0.416. The van der Waals surface area contributed by atoms with E-state index in [4.69, 9.17) is 5.73 Å². The Morgan fingerprint density at radius 2 is 2.00 bits per heavy atom. The van der Waals surface area contributed by atoms with Gasteiger partial charge in [0, 0.05) is 25.0 Å². The van der Waals surface area contributed by atoms with E-state index >= 15 is 0 Å². The van der Waals surface area contributed by atoms with Crippen LogP contribution in [0.25, 0.3) is 0 Å². The van der Waals surface area contributed by atoms with Crippen molar-refractivity contribution in [1.82, 2.24) is 14.8 Å². The Morgan fingerprint density at radius 3 is 2.44 bits per heavy atom. The second kappa shape index (κ2) is 5.30. The molecule has 1 unspecified atom stereocenters. The lowest BCUT2D eigenvalue weighted by Crippen LogP contribution is -2.34. The Balaban J connectivity index is 3.13. The fourth-order valence-corrected chi connectivity index (χ4v) is 1.73. The number of nitrogens with two attached hydrogens (primary N) is 1. The molecule has 5 heteroatoms. The molecule has 0 saturated carbocycles. The van der Waals surface area contributed by atoms with Crippen molar-refractivity contribution in [1.29, 1.82) is 0 Å². The van der Waals surface area contributed by atoms with E-state index in [9.17, 15) is 0 Å². The maximum Gasteiger partial charge on any atom is 0.224 e. The smallest absolute Gasteiger partial charge is 0.224 e. The quantitative estimate of drug-likeness (QED) is 0.767. The molecule has 1 rings (SSSR count). The van der Waals surface area contributed by atoms with Gasteiger partial charge in [-0.1, -0.05) is 13.8 Å². The van der Waals surface area contributed by atoms with Gasteiger partial charge in [0.2, 0.25) is 5.95 Å². The summed E-state index contributed by atoms with van der Waals surface area (Å²) in [5.41, 5.74) is 5.77. The Morgan fingerprint density at radius 1 is 1.31 bits per heavy atom. The monoisotopic (exact) mass is 225 g/mol. The van der Waals surface area contributed by atoms with Crippen molar-refractivity contribution in [3.63, 3.8) is 0 Å². The Kier molecular flexibility index (Phi) is 4.29. The molecule has 0 bridgehead atoms. The van der Waals surface area contributed by atoms with E-state index in [0.29, 0.717) is 6.54 Å². The molecule has 1 aromatic heterocycles. The van der Waals surface area contributed by atoms with E-state index < -0.39 is 0 Å². The van der Waals surface area contributed by atoms with Crippen molar-refractivity contribution in [2.24, 2.45) is 5.73 Å². The Hall–Kier alpha value is -1.10. The number of anilines is 1. The van der Waals surface area contributed by atoms with Crippen molar-refractivity contribution in [2.45, 2.75) is 46.1 Å². The molecule has 0 fully saturated rings. The van der Waals surface area contributed by atoms with Crippen LogP contribution in [0.3, 0.4) is 0 Å². The summed E-state index contributed by atoms with van der Waals surface area (Å²) in [6, 6.07) is 0. The zero-order valence-corrected chi connectivity index (χ0v) is 10.7. The van der Waals surface area contributed by atoms with Gasteiger partial charge in [-0.3, -0.25) is 4.57 Å². The van der Waals surface area contributed by atoms with Crippen LogP contribution in [0.4, 0.5) is 5.95 Å². The van der Waals surface area contributed by atoms with Gasteiger partial charge in [0.25, 0.3) is 0 Å². The summed E-state index contributed by atoms with van der Waals surface area (Å²) in [7, 11) is 0. The summed E-state index contributed by atoms with van der Waals surface area (Å²) in [5, 5.41) is 11.7. The molecule has 0 radical (unpaired) electrons. The number of hydrogen-bond acceptors (Lipinski definition) is 4. The maximum atomic E-state index is 5.85. The van der Waals surface area contributed by atoms with E-state index in [1.165, 1.54) is 0 Å². The molecule has 0 amide bonds. The van der Waals surface area contributed by atoms with E-state index in [-0.39, 0.29) is 5.41 Å². The summed E-state index contributed by atoms with van der Waals surface area (Å²) in [6.45, 7) is 10.7. The highest BCUT2D eigenvalue weighted by Gasteiger charge is 2.29. The van der Waals surface area contributed by atoms with Crippen LogP contribution in [-0.4, -0.2) is 27.9 Å².